The Balaban J connectivity index is -0.0000000110. The van der Waals surface area contributed by atoms with Gasteiger partial charge in [-0.2, -0.15) is 0 Å². The molecule has 0 aliphatic heterocycles. The summed E-state index contributed by atoms with van der Waals surface area (Å²) in [5.74, 6) is 0. The van der Waals surface area contributed by atoms with Gasteiger partial charge in [0.15, 0.2) is 0 Å². The van der Waals surface area contributed by atoms with Gasteiger partial charge in [-0.3, -0.25) is 0 Å². The van der Waals surface area contributed by atoms with Crippen LogP contribution in [0.25, 0.3) is 0 Å². The minimum absolute atomic E-state index is 0. The van der Waals surface area contributed by atoms with Crippen LogP contribution in [0.1, 0.15) is 0 Å². The van der Waals surface area contributed by atoms with Crippen molar-refractivity contribution < 1.29 is 31.5 Å². The van der Waals surface area contributed by atoms with Crippen molar-refractivity contribution in [3.8, 4) is 0 Å². The molecule has 0 aliphatic rings. The number of hydrogen-bond donors (Lipinski definition) is 0. The predicted molar refractivity (Wildman–Crippen MR) is 36.9 cm³/mol. The molecule has 0 aromatic carbocycles. The van der Waals surface area contributed by atoms with Crippen LogP contribution < -0.4 is 0 Å². The van der Waals surface area contributed by atoms with E-state index >= 15 is 0 Å². The Morgan fingerprint density at radius 1 is 0.900 bits per heavy atom. The second-order valence-electron chi connectivity index (χ2n) is 0.289. The third-order valence-corrected chi connectivity index (χ3v) is 0. The second kappa shape index (κ2) is 21300. The predicted octanol–water partition coefficient (Wildman–Crippen LogP) is 0.449. The smallest absolute Gasteiger partial charge is 0.106 e. The number of rotatable bonds is 0. The fourth-order valence-corrected chi connectivity index (χ4v) is 0. The zero-order chi connectivity index (χ0) is 8.71. The van der Waals surface area contributed by atoms with Crippen LogP contribution in [-0.2, 0) is 31.5 Å². The first-order chi connectivity index (χ1) is 4.41. The Morgan fingerprint density at radius 2 is 0.900 bits per heavy atom. The minimum atomic E-state index is 0. The van der Waals surface area contributed by atoms with Crippen molar-refractivity contribution in [1.82, 2.24) is 0 Å². The molecule has 0 heterocycles. The van der Waals surface area contributed by atoms with Gasteiger partial charge in [0.1, 0.15) is 20.4 Å². The average Bonchev–Trinajstić information content (AvgIpc) is 2.01. The topological polar surface area (TPSA) is 51.2 Å². The van der Waals surface area contributed by atoms with E-state index < -0.39 is 0 Å². The van der Waals surface area contributed by atoms with Crippen LogP contribution in [0, 0.1) is 6.92 Å². The summed E-state index contributed by atoms with van der Waals surface area (Å²) in [5, 5.41) is 0. The fraction of sp³-hybridized carbons (Fsp3) is 0. The van der Waals surface area contributed by atoms with Gasteiger partial charge in [-0.1, -0.05) is 0 Å². The molecule has 0 amide bonds. The van der Waals surface area contributed by atoms with Gasteiger partial charge in [0, 0.05) is 17.1 Å². The first-order valence-corrected chi connectivity index (χ1v) is 1.68. The number of hydrogen-bond acceptors (Lipinski definition) is 3. The third-order valence-electron chi connectivity index (χ3n) is 0. The molecule has 0 unspecified atom stereocenters. The van der Waals surface area contributed by atoms with Crippen molar-refractivity contribution in [1.29, 1.82) is 0 Å². The average molecular weight is 186 g/mol. The maximum atomic E-state index is 8.00. The maximum absolute atomic E-state index is 8.00. The molecule has 0 fully saturated rings. The van der Waals surface area contributed by atoms with Crippen LogP contribution in [0.3, 0.4) is 0 Å². The summed E-state index contributed by atoms with van der Waals surface area (Å²) in [5.41, 5.74) is 0. The Morgan fingerprint density at radius 3 is 0.900 bits per heavy atom. The summed E-state index contributed by atoms with van der Waals surface area (Å²) >= 11 is 0. The second-order valence-corrected chi connectivity index (χ2v) is 0.289. The van der Waals surface area contributed by atoms with Crippen LogP contribution in [0.4, 0.5) is 0 Å². The Bertz CT molecular complexity index is 37.2. The Kier molecular flexibility index (Phi) is 75400. The first kappa shape index (κ1) is 35.3. The number of allylic oxidation sites excluding steroid dienone is 1. The van der Waals surface area contributed by atoms with Gasteiger partial charge in [0.2, 0.25) is 0 Å². The molecule has 10 heavy (non-hydrogen) atoms. The minimum Gasteiger partial charge on any atom is -0.307 e. The summed E-state index contributed by atoms with van der Waals surface area (Å²) in [4.78, 5) is 24.0. The standard InChI is InChI=1S/C3H5.3CH2O.Mn/c1-3-2;3*1-2;/h3H,1-2H2;3*1H2;/q-1;;;;. The van der Waals surface area contributed by atoms with Crippen LogP contribution in [0.15, 0.2) is 12.7 Å². The molecule has 0 aromatic heterocycles. The summed E-state index contributed by atoms with van der Waals surface area (Å²) in [6, 6.07) is 0. The molecule has 0 saturated heterocycles. The monoisotopic (exact) mass is 186 g/mol. The van der Waals surface area contributed by atoms with E-state index in [9.17, 15) is 0 Å². The van der Waals surface area contributed by atoms with Crippen molar-refractivity contribution >= 4 is 20.4 Å². The molecule has 0 aromatic rings. The molecular formula is C6H11MnO3-. The van der Waals surface area contributed by atoms with E-state index in [4.69, 9.17) is 14.4 Å². The van der Waals surface area contributed by atoms with Gasteiger partial charge < -0.3 is 14.4 Å². The molecule has 0 atom stereocenters. The zero-order valence-corrected chi connectivity index (χ0v) is 6.90. The van der Waals surface area contributed by atoms with E-state index in [0.717, 1.165) is 0 Å². The van der Waals surface area contributed by atoms with Crippen LogP contribution >= 0.6 is 0 Å². The van der Waals surface area contributed by atoms with Gasteiger partial charge in [-0.05, 0) is 0 Å². The zero-order valence-electron chi connectivity index (χ0n) is 5.72. The van der Waals surface area contributed by atoms with Crippen molar-refractivity contribution in [3.63, 3.8) is 0 Å². The molecule has 1 radical (unpaired) electrons. The van der Waals surface area contributed by atoms with E-state index in [0.29, 0.717) is 0 Å². The molecule has 0 bridgehead atoms. The van der Waals surface area contributed by atoms with Crippen molar-refractivity contribution in [2.24, 2.45) is 0 Å². The summed E-state index contributed by atoms with van der Waals surface area (Å²) in [6.45, 7) is 12.5. The third kappa shape index (κ3) is 363. The first-order valence-electron chi connectivity index (χ1n) is 1.68. The molecule has 4 heteroatoms. The fourth-order valence-electron chi connectivity index (χ4n) is 0. The van der Waals surface area contributed by atoms with E-state index in [1.165, 1.54) is 6.08 Å². The number of carbonyl (C=O) groups excluding carboxylic acids is 3. The SMILES string of the molecule is C=C[CH2-].C=O.C=O.C=O.[Mn]. The molecule has 0 N–H and O–H groups in total. The van der Waals surface area contributed by atoms with Crippen LogP contribution in [0.5, 0.6) is 0 Å². The van der Waals surface area contributed by atoms with Gasteiger partial charge in [-0.25, -0.2) is 19.6 Å². The van der Waals surface area contributed by atoms with Gasteiger partial charge in [-0.15, -0.1) is 0 Å². The Labute approximate surface area is 72.0 Å². The van der Waals surface area contributed by atoms with Crippen LogP contribution in [0.2, 0.25) is 0 Å². The maximum Gasteiger partial charge on any atom is 0.106 e. The molecule has 0 rings (SSSR count). The van der Waals surface area contributed by atoms with Crippen LogP contribution in [-0.4, -0.2) is 20.4 Å². The van der Waals surface area contributed by atoms with E-state index in [1.807, 2.05) is 20.4 Å². The van der Waals surface area contributed by atoms with E-state index in [2.05, 4.69) is 13.5 Å². The number of carbonyl (C=O) groups is 3. The normalized spacial score (nSPS) is 2.40. The summed E-state index contributed by atoms with van der Waals surface area (Å²) in [7, 11) is 0. The molecular weight excluding hydrogens is 175 g/mol. The van der Waals surface area contributed by atoms with Crippen molar-refractivity contribution in [2.45, 2.75) is 0 Å². The quantitative estimate of drug-likeness (QED) is 0.407. The van der Waals surface area contributed by atoms with E-state index in [-0.39, 0.29) is 17.1 Å². The Hall–Kier alpha value is -0.861. The summed E-state index contributed by atoms with van der Waals surface area (Å²) in [6.07, 6.45) is 1.50. The van der Waals surface area contributed by atoms with Gasteiger partial charge in [0.05, 0.1) is 0 Å². The summed E-state index contributed by atoms with van der Waals surface area (Å²) < 4.78 is 0. The molecule has 0 saturated carbocycles. The van der Waals surface area contributed by atoms with Crippen molar-refractivity contribution in [3.05, 3.63) is 19.6 Å². The van der Waals surface area contributed by atoms with Gasteiger partial charge >= 0.3 is 0 Å². The van der Waals surface area contributed by atoms with Crippen molar-refractivity contribution in [2.75, 3.05) is 0 Å². The molecule has 0 aliphatic carbocycles. The molecule has 61 valence electrons. The molecule has 0 spiro atoms. The largest absolute Gasteiger partial charge is 0.307 e. The molecule has 3 nitrogen and oxygen atoms in total. The van der Waals surface area contributed by atoms with Gasteiger partial charge in [0.25, 0.3) is 0 Å². The van der Waals surface area contributed by atoms with E-state index in [1.54, 1.807) is 0 Å².